The molecule has 2 aromatic carbocycles. The molecule has 0 radical (unpaired) electrons. The van der Waals surface area contributed by atoms with Crippen molar-refractivity contribution >= 4 is 39.7 Å². The maximum atomic E-state index is 6.53. The molecule has 0 amide bonds. The summed E-state index contributed by atoms with van der Waals surface area (Å²) in [5.74, 6) is 1.12. The zero-order chi connectivity index (χ0) is 17.0. The van der Waals surface area contributed by atoms with Crippen LogP contribution >= 0.6 is 11.6 Å². The van der Waals surface area contributed by atoms with E-state index in [9.17, 15) is 0 Å². The number of fused-ring (bicyclic) bond motifs is 3. The lowest BCUT2D eigenvalue weighted by Crippen LogP contribution is -2.03. The highest BCUT2D eigenvalue weighted by molar-refractivity contribution is 6.33. The van der Waals surface area contributed by atoms with Crippen molar-refractivity contribution in [1.29, 1.82) is 0 Å². The number of nitrogen functional groups attached to an aromatic ring is 2. The van der Waals surface area contributed by atoms with Crippen molar-refractivity contribution in [2.45, 2.75) is 13.8 Å². The van der Waals surface area contributed by atoms with Crippen molar-refractivity contribution in [3.8, 4) is 11.4 Å². The molecule has 24 heavy (non-hydrogen) atoms. The van der Waals surface area contributed by atoms with Crippen molar-refractivity contribution < 1.29 is 0 Å². The van der Waals surface area contributed by atoms with Crippen molar-refractivity contribution in [2.75, 3.05) is 11.5 Å². The van der Waals surface area contributed by atoms with E-state index in [0.29, 0.717) is 27.9 Å². The number of imidazole rings is 1. The first kappa shape index (κ1) is 14.8. The molecule has 0 saturated carbocycles. The van der Waals surface area contributed by atoms with E-state index in [-0.39, 0.29) is 0 Å². The Labute approximate surface area is 143 Å². The zero-order valence-electron chi connectivity index (χ0n) is 13.3. The van der Waals surface area contributed by atoms with Gasteiger partial charge in [0.15, 0.2) is 0 Å². The van der Waals surface area contributed by atoms with Crippen LogP contribution in [0.3, 0.4) is 0 Å². The molecule has 0 fully saturated rings. The normalized spacial score (nSPS) is 11.5. The third-order valence-corrected chi connectivity index (χ3v) is 4.49. The summed E-state index contributed by atoms with van der Waals surface area (Å²) in [7, 11) is 0. The van der Waals surface area contributed by atoms with Gasteiger partial charge in [-0.3, -0.25) is 4.40 Å². The first-order valence-corrected chi connectivity index (χ1v) is 7.93. The number of halogens is 1. The highest BCUT2D eigenvalue weighted by atomic mass is 35.5. The van der Waals surface area contributed by atoms with Crippen LogP contribution in [0, 0.1) is 13.8 Å². The Morgan fingerprint density at radius 3 is 2.67 bits per heavy atom. The highest BCUT2D eigenvalue weighted by Crippen LogP contribution is 2.35. The van der Waals surface area contributed by atoms with Crippen molar-refractivity contribution in [2.24, 2.45) is 0 Å². The van der Waals surface area contributed by atoms with E-state index >= 15 is 0 Å². The average Bonchev–Trinajstić information content (AvgIpc) is 2.91. The lowest BCUT2D eigenvalue weighted by Gasteiger charge is -2.12. The molecule has 4 N–H and O–H groups in total. The molecule has 0 aliphatic carbocycles. The molecule has 0 saturated heterocycles. The quantitative estimate of drug-likeness (QED) is 0.514. The Morgan fingerprint density at radius 2 is 1.92 bits per heavy atom. The Balaban J connectivity index is 2.21. The number of para-hydroxylation sites is 1. The molecule has 0 aliphatic rings. The first-order valence-electron chi connectivity index (χ1n) is 7.55. The fraction of sp³-hybridized carbons (Fsp3) is 0.111. The van der Waals surface area contributed by atoms with Gasteiger partial charge < -0.3 is 11.5 Å². The fourth-order valence-electron chi connectivity index (χ4n) is 3.20. The maximum Gasteiger partial charge on any atom is 0.150 e. The van der Waals surface area contributed by atoms with Crippen LogP contribution in [0.5, 0.6) is 0 Å². The van der Waals surface area contributed by atoms with Crippen molar-refractivity contribution in [3.05, 3.63) is 52.7 Å². The summed E-state index contributed by atoms with van der Waals surface area (Å²) in [6.07, 6.45) is 1.71. The minimum Gasteiger partial charge on any atom is -0.397 e. The van der Waals surface area contributed by atoms with Crippen LogP contribution in [0.1, 0.15) is 11.1 Å². The second-order valence-corrected chi connectivity index (χ2v) is 6.36. The molecular formula is C18H16ClN5. The molecule has 4 rings (SSSR count). The van der Waals surface area contributed by atoms with Crippen LogP contribution in [-0.2, 0) is 0 Å². The summed E-state index contributed by atoms with van der Waals surface area (Å²) >= 11 is 6.53. The van der Waals surface area contributed by atoms with Crippen LogP contribution in [-0.4, -0.2) is 14.4 Å². The number of benzene rings is 2. The van der Waals surface area contributed by atoms with Crippen molar-refractivity contribution in [1.82, 2.24) is 14.4 Å². The number of nitrogens with two attached hydrogens (primary N) is 2. The fourth-order valence-corrected chi connectivity index (χ4v) is 3.61. The van der Waals surface area contributed by atoms with Gasteiger partial charge in [-0.2, -0.15) is 0 Å². The predicted octanol–water partition coefficient (Wildman–Crippen LogP) is 3.98. The van der Waals surface area contributed by atoms with E-state index < -0.39 is 0 Å². The molecule has 2 aromatic heterocycles. The summed E-state index contributed by atoms with van der Waals surface area (Å²) < 4.78 is 1.94. The summed E-state index contributed by atoms with van der Waals surface area (Å²) in [5.41, 5.74) is 18.2. The van der Waals surface area contributed by atoms with E-state index in [0.717, 1.165) is 27.7 Å². The van der Waals surface area contributed by atoms with Crippen molar-refractivity contribution in [3.63, 3.8) is 0 Å². The van der Waals surface area contributed by atoms with Crippen LogP contribution in [0.2, 0.25) is 5.02 Å². The lowest BCUT2D eigenvalue weighted by atomic mass is 10.0. The van der Waals surface area contributed by atoms with Gasteiger partial charge in [0.05, 0.1) is 27.9 Å². The first-order chi connectivity index (χ1) is 11.5. The molecule has 6 heteroatoms. The smallest absolute Gasteiger partial charge is 0.150 e. The number of hydrogen-bond donors (Lipinski definition) is 2. The second kappa shape index (κ2) is 5.11. The predicted molar refractivity (Wildman–Crippen MR) is 99.2 cm³/mol. The number of aromatic nitrogens is 3. The monoisotopic (exact) mass is 337 g/mol. The van der Waals surface area contributed by atoms with Gasteiger partial charge in [0.2, 0.25) is 0 Å². The second-order valence-electron chi connectivity index (χ2n) is 5.95. The molecule has 120 valence electrons. The Kier molecular flexibility index (Phi) is 3.15. The minimum absolute atomic E-state index is 0.410. The molecule has 0 spiro atoms. The molecule has 2 heterocycles. The van der Waals surface area contributed by atoms with Gasteiger partial charge in [-0.15, -0.1) is 0 Å². The maximum absolute atomic E-state index is 6.53. The summed E-state index contributed by atoms with van der Waals surface area (Å²) in [6, 6.07) is 9.60. The van der Waals surface area contributed by atoms with Crippen LogP contribution in [0.25, 0.3) is 27.9 Å². The Bertz CT molecular complexity index is 1090. The Morgan fingerprint density at radius 1 is 1.12 bits per heavy atom. The highest BCUT2D eigenvalue weighted by Gasteiger charge is 2.18. The van der Waals surface area contributed by atoms with Gasteiger partial charge in [-0.25, -0.2) is 9.97 Å². The summed E-state index contributed by atoms with van der Waals surface area (Å²) in [6.45, 7) is 4.03. The van der Waals surface area contributed by atoms with Gasteiger partial charge in [0.25, 0.3) is 0 Å². The van der Waals surface area contributed by atoms with Gasteiger partial charge in [0, 0.05) is 5.56 Å². The molecular weight excluding hydrogens is 322 g/mol. The van der Waals surface area contributed by atoms with Gasteiger partial charge >= 0.3 is 0 Å². The van der Waals surface area contributed by atoms with Gasteiger partial charge in [0.1, 0.15) is 17.2 Å². The average molecular weight is 338 g/mol. The van der Waals surface area contributed by atoms with E-state index in [1.807, 2.05) is 42.5 Å². The van der Waals surface area contributed by atoms with E-state index in [1.54, 1.807) is 6.20 Å². The summed E-state index contributed by atoms with van der Waals surface area (Å²) in [5, 5.41) is 0.651. The van der Waals surface area contributed by atoms with E-state index in [4.69, 9.17) is 23.1 Å². The zero-order valence-corrected chi connectivity index (χ0v) is 14.1. The third kappa shape index (κ3) is 2.02. The topological polar surface area (TPSA) is 82.2 Å². The molecule has 0 unspecified atom stereocenters. The van der Waals surface area contributed by atoms with Crippen LogP contribution < -0.4 is 11.5 Å². The molecule has 5 nitrogen and oxygen atoms in total. The molecule has 0 bridgehead atoms. The van der Waals surface area contributed by atoms with Crippen LogP contribution in [0.4, 0.5) is 11.5 Å². The molecule has 0 atom stereocenters. The minimum atomic E-state index is 0.410. The largest absolute Gasteiger partial charge is 0.397 e. The third-order valence-electron chi connectivity index (χ3n) is 4.19. The van der Waals surface area contributed by atoms with E-state index in [1.165, 1.54) is 0 Å². The van der Waals surface area contributed by atoms with Gasteiger partial charge in [-0.05, 0) is 43.2 Å². The number of aryl methyl sites for hydroxylation is 2. The number of nitrogens with zero attached hydrogens (tertiary/aromatic N) is 3. The molecule has 0 aliphatic heterocycles. The standard InChI is InChI=1S/C18H16ClN5/c1-9-6-10(2)15(11(19)7-9)18-22-8-14-17(21)23-13-5-3-4-12(20)16(13)24(14)18/h3-8H,20H2,1-2H3,(H2,21,23). The van der Waals surface area contributed by atoms with E-state index in [2.05, 4.69) is 16.0 Å². The number of hydrogen-bond acceptors (Lipinski definition) is 4. The lowest BCUT2D eigenvalue weighted by molar-refractivity contribution is 1.19. The number of anilines is 2. The van der Waals surface area contributed by atoms with Gasteiger partial charge in [-0.1, -0.05) is 23.7 Å². The Hall–Kier alpha value is -2.79. The van der Waals surface area contributed by atoms with Crippen LogP contribution in [0.15, 0.2) is 36.5 Å². The summed E-state index contributed by atoms with van der Waals surface area (Å²) in [4.78, 5) is 9.01. The number of rotatable bonds is 1. The SMILES string of the molecule is Cc1cc(C)c(-c2ncc3c(N)nc4cccc(N)c4n23)c(Cl)c1. The molecule has 4 aromatic rings.